The van der Waals surface area contributed by atoms with Crippen LogP contribution >= 0.6 is 12.2 Å². The summed E-state index contributed by atoms with van der Waals surface area (Å²) in [4.78, 5) is -0.345. The summed E-state index contributed by atoms with van der Waals surface area (Å²) in [5.41, 5.74) is 4.57. The van der Waals surface area contributed by atoms with Crippen LogP contribution in [0.5, 0.6) is 0 Å². The first kappa shape index (κ1) is 17.7. The summed E-state index contributed by atoms with van der Waals surface area (Å²) >= 11 is 4.63. The van der Waals surface area contributed by atoms with Crippen molar-refractivity contribution in [1.29, 1.82) is 0 Å². The van der Waals surface area contributed by atoms with E-state index in [0.29, 0.717) is 18.7 Å². The van der Waals surface area contributed by atoms with Gasteiger partial charge in [0.05, 0.1) is 11.3 Å². The Kier molecular flexibility index (Phi) is 5.57. The molecule has 0 aromatic heterocycles. The maximum Gasteiger partial charge on any atom is 0.417 e. The van der Waals surface area contributed by atoms with Crippen LogP contribution in [0.4, 0.5) is 18.9 Å². The fourth-order valence-corrected chi connectivity index (χ4v) is 2.51. The monoisotopic (exact) mass is 340 g/mol. The van der Waals surface area contributed by atoms with Gasteiger partial charge in [-0.2, -0.15) is 13.2 Å². The van der Waals surface area contributed by atoms with E-state index in [4.69, 9.17) is 5.73 Å². The van der Waals surface area contributed by atoms with Gasteiger partial charge in [0.2, 0.25) is 0 Å². The number of alkyl halides is 3. The zero-order valence-corrected chi connectivity index (χ0v) is 12.8. The molecule has 0 bridgehead atoms. The van der Waals surface area contributed by atoms with Gasteiger partial charge < -0.3 is 11.1 Å². The molecule has 0 aliphatic rings. The summed E-state index contributed by atoms with van der Waals surface area (Å²) in [6, 6.07) is 3.37. The van der Waals surface area contributed by atoms with E-state index >= 15 is 0 Å². The van der Waals surface area contributed by atoms with Crippen molar-refractivity contribution in [2.24, 2.45) is 5.73 Å². The molecule has 118 valence electrons. The third-order valence-corrected chi connectivity index (χ3v) is 3.86. The molecule has 0 heterocycles. The number of rotatable bonds is 6. The number of nitrogens with two attached hydrogens (primary N) is 1. The molecule has 9 heteroatoms. The lowest BCUT2D eigenvalue weighted by atomic mass is 10.1. The zero-order valence-electron chi connectivity index (χ0n) is 11.2. The van der Waals surface area contributed by atoms with Crippen LogP contribution in [0.15, 0.2) is 18.2 Å². The minimum absolute atomic E-state index is 0.00277. The Hall–Kier alpha value is -1.35. The Bertz CT molecular complexity index is 628. The Morgan fingerprint density at radius 1 is 1.38 bits per heavy atom. The smallest absolute Gasteiger partial charge is 0.389 e. The van der Waals surface area contributed by atoms with E-state index in [2.05, 4.69) is 17.5 Å². The molecule has 0 aliphatic heterocycles. The van der Waals surface area contributed by atoms with Crippen LogP contribution in [0.3, 0.4) is 0 Å². The standard InChI is InChI=1S/C12H15F3N2O2S2/c1-21(18,19)6-2-5-17-8-3-4-10(12(13,14)15)9(7-8)11(16)20/h3-4,7,17H,2,5-6H2,1H3,(H2,16,20). The van der Waals surface area contributed by atoms with Gasteiger partial charge in [0.15, 0.2) is 0 Å². The van der Waals surface area contributed by atoms with E-state index in [1.165, 1.54) is 12.1 Å². The predicted molar refractivity (Wildman–Crippen MR) is 80.1 cm³/mol. The van der Waals surface area contributed by atoms with Gasteiger partial charge in [0.1, 0.15) is 14.8 Å². The molecule has 0 saturated heterocycles. The first-order valence-corrected chi connectivity index (χ1v) is 8.40. The fraction of sp³-hybridized carbons (Fsp3) is 0.417. The largest absolute Gasteiger partial charge is 0.417 e. The lowest BCUT2D eigenvalue weighted by Gasteiger charge is -2.14. The lowest BCUT2D eigenvalue weighted by molar-refractivity contribution is -0.137. The Labute approximate surface area is 126 Å². The van der Waals surface area contributed by atoms with E-state index in [1.807, 2.05) is 0 Å². The van der Waals surface area contributed by atoms with Gasteiger partial charge >= 0.3 is 6.18 Å². The molecule has 21 heavy (non-hydrogen) atoms. The molecule has 0 unspecified atom stereocenters. The number of hydrogen-bond acceptors (Lipinski definition) is 4. The number of benzene rings is 1. The number of sulfone groups is 1. The van der Waals surface area contributed by atoms with Crippen molar-refractivity contribution in [3.63, 3.8) is 0 Å². The van der Waals surface area contributed by atoms with Crippen molar-refractivity contribution in [1.82, 2.24) is 0 Å². The highest BCUT2D eigenvalue weighted by Crippen LogP contribution is 2.33. The number of nitrogens with one attached hydrogen (secondary N) is 1. The Morgan fingerprint density at radius 2 is 2.00 bits per heavy atom. The first-order valence-electron chi connectivity index (χ1n) is 5.93. The maximum atomic E-state index is 12.8. The Balaban J connectivity index is 2.82. The van der Waals surface area contributed by atoms with Crippen LogP contribution in [0.1, 0.15) is 17.5 Å². The normalized spacial score (nSPS) is 12.2. The van der Waals surface area contributed by atoms with Gasteiger partial charge in [0, 0.05) is 24.1 Å². The van der Waals surface area contributed by atoms with E-state index in [-0.39, 0.29) is 16.3 Å². The fourth-order valence-electron chi connectivity index (χ4n) is 1.67. The first-order chi connectivity index (χ1) is 9.50. The number of halogens is 3. The molecule has 0 saturated carbocycles. The van der Waals surface area contributed by atoms with Crippen molar-refractivity contribution in [2.75, 3.05) is 23.9 Å². The van der Waals surface area contributed by atoms with Crippen LogP contribution in [-0.4, -0.2) is 32.0 Å². The van der Waals surface area contributed by atoms with Gasteiger partial charge in [0.25, 0.3) is 0 Å². The second kappa shape index (κ2) is 6.61. The molecule has 0 amide bonds. The topological polar surface area (TPSA) is 72.2 Å². The molecular formula is C12H15F3N2O2S2. The average Bonchev–Trinajstić information content (AvgIpc) is 2.32. The van der Waals surface area contributed by atoms with Crippen molar-refractivity contribution in [3.05, 3.63) is 29.3 Å². The van der Waals surface area contributed by atoms with Gasteiger partial charge in [-0.25, -0.2) is 8.42 Å². The number of thiocarbonyl (C=S) groups is 1. The van der Waals surface area contributed by atoms with Crippen LogP contribution < -0.4 is 11.1 Å². The molecule has 4 nitrogen and oxygen atoms in total. The maximum absolute atomic E-state index is 12.8. The highest BCUT2D eigenvalue weighted by Gasteiger charge is 2.33. The molecule has 0 radical (unpaired) electrons. The van der Waals surface area contributed by atoms with Crippen molar-refractivity contribution < 1.29 is 21.6 Å². The molecule has 1 aromatic rings. The molecule has 1 aromatic carbocycles. The highest BCUT2D eigenvalue weighted by molar-refractivity contribution is 7.90. The second-order valence-electron chi connectivity index (χ2n) is 4.53. The van der Waals surface area contributed by atoms with Gasteiger partial charge in [-0.1, -0.05) is 12.2 Å². The molecular weight excluding hydrogens is 325 g/mol. The van der Waals surface area contributed by atoms with E-state index in [0.717, 1.165) is 12.3 Å². The second-order valence-corrected chi connectivity index (χ2v) is 7.23. The third-order valence-electron chi connectivity index (χ3n) is 2.61. The van der Waals surface area contributed by atoms with Gasteiger partial charge in [-0.05, 0) is 24.6 Å². The molecule has 0 atom stereocenters. The zero-order chi connectivity index (χ0) is 16.3. The summed E-state index contributed by atoms with van der Waals surface area (Å²) in [6.45, 7) is 0.315. The summed E-state index contributed by atoms with van der Waals surface area (Å²) in [6.07, 6.45) is -3.06. The van der Waals surface area contributed by atoms with Crippen molar-refractivity contribution in [2.45, 2.75) is 12.6 Å². The van der Waals surface area contributed by atoms with Gasteiger partial charge in [-0.3, -0.25) is 0 Å². The van der Waals surface area contributed by atoms with Crippen LogP contribution in [-0.2, 0) is 16.0 Å². The molecule has 0 aliphatic carbocycles. The minimum atomic E-state index is -4.53. The third kappa shape index (κ3) is 5.88. The molecule has 0 spiro atoms. The predicted octanol–water partition coefficient (Wildman–Crippen LogP) is 2.19. The highest BCUT2D eigenvalue weighted by atomic mass is 32.2. The lowest BCUT2D eigenvalue weighted by Crippen LogP contribution is -2.18. The van der Waals surface area contributed by atoms with E-state index in [9.17, 15) is 21.6 Å². The van der Waals surface area contributed by atoms with Gasteiger partial charge in [-0.15, -0.1) is 0 Å². The summed E-state index contributed by atoms with van der Waals surface area (Å²) < 4.78 is 60.2. The summed E-state index contributed by atoms with van der Waals surface area (Å²) in [5, 5.41) is 2.84. The molecule has 3 N–H and O–H groups in total. The van der Waals surface area contributed by atoms with E-state index in [1.54, 1.807) is 0 Å². The van der Waals surface area contributed by atoms with Crippen LogP contribution in [0.2, 0.25) is 0 Å². The van der Waals surface area contributed by atoms with Crippen molar-refractivity contribution in [3.8, 4) is 0 Å². The van der Waals surface area contributed by atoms with E-state index < -0.39 is 21.6 Å². The Morgan fingerprint density at radius 3 is 2.48 bits per heavy atom. The summed E-state index contributed by atoms with van der Waals surface area (Å²) in [5.74, 6) is 0.00277. The number of anilines is 1. The van der Waals surface area contributed by atoms with Crippen LogP contribution in [0.25, 0.3) is 0 Å². The quantitative estimate of drug-likeness (QED) is 0.613. The van der Waals surface area contributed by atoms with Crippen molar-refractivity contribution >= 4 is 32.7 Å². The molecule has 1 rings (SSSR count). The minimum Gasteiger partial charge on any atom is -0.389 e. The number of hydrogen-bond donors (Lipinski definition) is 2. The SMILES string of the molecule is CS(=O)(=O)CCCNc1ccc(C(F)(F)F)c(C(N)=S)c1. The summed E-state index contributed by atoms with van der Waals surface area (Å²) in [7, 11) is -3.06. The average molecular weight is 340 g/mol. The van der Waals surface area contributed by atoms with Crippen LogP contribution in [0, 0.1) is 0 Å². The molecule has 0 fully saturated rings.